The maximum Gasteiger partial charge on any atom is 0.125 e. The molecule has 0 bridgehead atoms. The Bertz CT molecular complexity index is 658. The van der Waals surface area contributed by atoms with E-state index >= 15 is 0 Å². The maximum atomic E-state index is 10.9. The second-order valence-electron chi connectivity index (χ2n) is 7.03. The molecule has 2 N–H and O–H groups in total. The van der Waals surface area contributed by atoms with Crippen LogP contribution in [0.3, 0.4) is 0 Å². The van der Waals surface area contributed by atoms with Gasteiger partial charge in [-0.05, 0) is 43.1 Å². The summed E-state index contributed by atoms with van der Waals surface area (Å²) in [4.78, 5) is 0. The summed E-state index contributed by atoms with van der Waals surface area (Å²) in [5.41, 5.74) is 1.58. The molecule has 0 heterocycles. The van der Waals surface area contributed by atoms with Gasteiger partial charge in [0.2, 0.25) is 0 Å². The smallest absolute Gasteiger partial charge is 0.125 e. The SMILES string of the molecule is CCCCOc1ccc(OCCCNC(C)C)c(C(O)c2ccccc2)c1. The lowest BCUT2D eigenvalue weighted by Crippen LogP contribution is -2.24. The zero-order chi connectivity index (χ0) is 19.5. The van der Waals surface area contributed by atoms with Gasteiger partial charge in [-0.3, -0.25) is 0 Å². The summed E-state index contributed by atoms with van der Waals surface area (Å²) < 4.78 is 11.8. The van der Waals surface area contributed by atoms with Gasteiger partial charge >= 0.3 is 0 Å². The number of aliphatic hydroxyl groups excluding tert-OH is 1. The Morgan fingerprint density at radius 2 is 1.70 bits per heavy atom. The highest BCUT2D eigenvalue weighted by atomic mass is 16.5. The number of unbranched alkanes of at least 4 members (excludes halogenated alkanes) is 1. The van der Waals surface area contributed by atoms with E-state index in [1.807, 2.05) is 48.5 Å². The summed E-state index contributed by atoms with van der Waals surface area (Å²) in [5.74, 6) is 1.47. The minimum atomic E-state index is -0.746. The molecule has 0 spiro atoms. The summed E-state index contributed by atoms with van der Waals surface area (Å²) in [6.45, 7) is 8.59. The van der Waals surface area contributed by atoms with Crippen LogP contribution < -0.4 is 14.8 Å². The van der Waals surface area contributed by atoms with Crippen LogP contribution in [0.4, 0.5) is 0 Å². The summed E-state index contributed by atoms with van der Waals surface area (Å²) in [6.07, 6.45) is 2.26. The molecular formula is C23H33NO3. The van der Waals surface area contributed by atoms with Crippen molar-refractivity contribution in [1.82, 2.24) is 5.32 Å². The number of rotatable bonds is 12. The first-order valence-electron chi connectivity index (χ1n) is 9.97. The van der Waals surface area contributed by atoms with Crippen molar-refractivity contribution in [2.24, 2.45) is 0 Å². The van der Waals surface area contributed by atoms with Gasteiger partial charge in [-0.2, -0.15) is 0 Å². The third kappa shape index (κ3) is 7.24. The number of hydrogen-bond donors (Lipinski definition) is 2. The average Bonchev–Trinajstić information content (AvgIpc) is 2.68. The molecule has 0 aliphatic heterocycles. The predicted octanol–water partition coefficient (Wildman–Crippen LogP) is 4.71. The van der Waals surface area contributed by atoms with E-state index in [9.17, 15) is 5.11 Å². The molecule has 0 fully saturated rings. The number of hydrogen-bond acceptors (Lipinski definition) is 4. The number of aliphatic hydroxyl groups is 1. The van der Waals surface area contributed by atoms with Crippen LogP contribution in [0, 0.1) is 0 Å². The van der Waals surface area contributed by atoms with E-state index in [2.05, 4.69) is 26.1 Å². The predicted molar refractivity (Wildman–Crippen MR) is 111 cm³/mol. The van der Waals surface area contributed by atoms with Crippen LogP contribution in [0.5, 0.6) is 11.5 Å². The van der Waals surface area contributed by atoms with Gasteiger partial charge < -0.3 is 19.9 Å². The van der Waals surface area contributed by atoms with E-state index in [1.165, 1.54) is 0 Å². The Morgan fingerprint density at radius 3 is 2.41 bits per heavy atom. The largest absolute Gasteiger partial charge is 0.494 e. The summed E-state index contributed by atoms with van der Waals surface area (Å²) >= 11 is 0. The van der Waals surface area contributed by atoms with Crippen molar-refractivity contribution in [2.75, 3.05) is 19.8 Å². The molecule has 0 aliphatic rings. The van der Waals surface area contributed by atoms with Crippen LogP contribution in [0.1, 0.15) is 57.3 Å². The lowest BCUT2D eigenvalue weighted by Gasteiger charge is -2.18. The van der Waals surface area contributed by atoms with E-state index in [-0.39, 0.29) is 0 Å². The number of benzene rings is 2. The van der Waals surface area contributed by atoms with Gasteiger partial charge in [-0.15, -0.1) is 0 Å². The van der Waals surface area contributed by atoms with Gasteiger partial charge in [0, 0.05) is 11.6 Å². The molecule has 0 radical (unpaired) electrons. The minimum absolute atomic E-state index is 0.472. The van der Waals surface area contributed by atoms with Crippen LogP contribution in [-0.4, -0.2) is 30.9 Å². The van der Waals surface area contributed by atoms with Crippen molar-refractivity contribution >= 4 is 0 Å². The minimum Gasteiger partial charge on any atom is -0.494 e. The number of nitrogens with one attached hydrogen (secondary N) is 1. The zero-order valence-corrected chi connectivity index (χ0v) is 16.8. The molecule has 4 heteroatoms. The highest BCUT2D eigenvalue weighted by Gasteiger charge is 2.17. The monoisotopic (exact) mass is 371 g/mol. The van der Waals surface area contributed by atoms with E-state index in [1.54, 1.807) is 0 Å². The van der Waals surface area contributed by atoms with Crippen molar-refractivity contribution < 1.29 is 14.6 Å². The topological polar surface area (TPSA) is 50.7 Å². The standard InChI is InChI=1S/C23H33NO3/c1-4-5-15-26-20-12-13-22(27-16-9-14-24-18(2)3)21(17-20)23(25)19-10-7-6-8-11-19/h6-8,10-13,17-18,23-25H,4-5,9,14-16H2,1-3H3. The molecule has 0 aromatic heterocycles. The first-order valence-corrected chi connectivity index (χ1v) is 9.97. The van der Waals surface area contributed by atoms with Crippen molar-refractivity contribution in [3.05, 3.63) is 59.7 Å². The molecule has 148 valence electrons. The third-order valence-electron chi connectivity index (χ3n) is 4.29. The second-order valence-corrected chi connectivity index (χ2v) is 7.03. The molecule has 0 saturated heterocycles. The zero-order valence-electron chi connectivity index (χ0n) is 16.8. The Kier molecular flexibility index (Phi) is 9.16. The molecule has 0 saturated carbocycles. The summed E-state index contributed by atoms with van der Waals surface area (Å²) in [6, 6.07) is 15.8. The fourth-order valence-electron chi connectivity index (χ4n) is 2.76. The van der Waals surface area contributed by atoms with Gasteiger partial charge in [0.25, 0.3) is 0 Å². The van der Waals surface area contributed by atoms with Gasteiger partial charge in [0.15, 0.2) is 0 Å². The van der Waals surface area contributed by atoms with Gasteiger partial charge in [-0.1, -0.05) is 57.5 Å². The van der Waals surface area contributed by atoms with Crippen molar-refractivity contribution in [3.63, 3.8) is 0 Å². The first-order chi connectivity index (χ1) is 13.1. The van der Waals surface area contributed by atoms with Crippen LogP contribution in [0.2, 0.25) is 0 Å². The Balaban J connectivity index is 2.11. The van der Waals surface area contributed by atoms with Gasteiger partial charge in [-0.25, -0.2) is 0 Å². The molecule has 2 aromatic carbocycles. The normalized spacial score (nSPS) is 12.2. The number of ether oxygens (including phenoxy) is 2. The average molecular weight is 372 g/mol. The van der Waals surface area contributed by atoms with Gasteiger partial charge in [0.1, 0.15) is 17.6 Å². The summed E-state index contributed by atoms with van der Waals surface area (Å²) in [7, 11) is 0. The van der Waals surface area contributed by atoms with E-state index < -0.39 is 6.10 Å². The molecule has 2 rings (SSSR count). The summed E-state index contributed by atoms with van der Waals surface area (Å²) in [5, 5.41) is 14.3. The van der Waals surface area contributed by atoms with E-state index in [0.29, 0.717) is 25.0 Å². The molecule has 0 aliphatic carbocycles. The Hall–Kier alpha value is -2.04. The molecule has 27 heavy (non-hydrogen) atoms. The Labute approximate surface area is 163 Å². The highest BCUT2D eigenvalue weighted by molar-refractivity contribution is 5.45. The van der Waals surface area contributed by atoms with Crippen molar-refractivity contribution in [1.29, 1.82) is 0 Å². The maximum absolute atomic E-state index is 10.9. The lowest BCUT2D eigenvalue weighted by atomic mass is 10.0. The van der Waals surface area contributed by atoms with Crippen LogP contribution >= 0.6 is 0 Å². The third-order valence-corrected chi connectivity index (χ3v) is 4.29. The van der Waals surface area contributed by atoms with E-state index in [4.69, 9.17) is 9.47 Å². The first kappa shape index (κ1) is 21.3. The van der Waals surface area contributed by atoms with Crippen molar-refractivity contribution in [3.8, 4) is 11.5 Å². The van der Waals surface area contributed by atoms with Crippen LogP contribution in [0.25, 0.3) is 0 Å². The van der Waals surface area contributed by atoms with Crippen LogP contribution in [0.15, 0.2) is 48.5 Å². The lowest BCUT2D eigenvalue weighted by molar-refractivity contribution is 0.209. The molecule has 0 amide bonds. The second kappa shape index (κ2) is 11.6. The molecule has 1 atom stereocenters. The van der Waals surface area contributed by atoms with E-state index in [0.717, 1.165) is 42.7 Å². The van der Waals surface area contributed by atoms with Crippen molar-refractivity contribution in [2.45, 2.75) is 52.2 Å². The van der Waals surface area contributed by atoms with Gasteiger partial charge in [0.05, 0.1) is 13.2 Å². The Morgan fingerprint density at radius 1 is 0.963 bits per heavy atom. The molecular weight excluding hydrogens is 338 g/mol. The fourth-order valence-corrected chi connectivity index (χ4v) is 2.76. The molecule has 4 nitrogen and oxygen atoms in total. The fraction of sp³-hybridized carbons (Fsp3) is 0.478. The highest BCUT2D eigenvalue weighted by Crippen LogP contribution is 2.33. The quantitative estimate of drug-likeness (QED) is 0.530. The van der Waals surface area contributed by atoms with Crippen LogP contribution in [-0.2, 0) is 0 Å². The molecule has 1 unspecified atom stereocenters. The molecule has 2 aromatic rings.